The molecule has 11 heteroatoms. The highest BCUT2D eigenvalue weighted by Gasteiger charge is 2.50. The molecule has 0 saturated carbocycles. The standard InChI is InChI=1S/C21H25N5O4S2/c1-25(10-15-6-3-2-4-7-15)11-16-12-26(24-22-16)18-14-30-20-17(13-29-21(18)20)23-32(27,28)19-8-5-9-31-19/h2-9,12,17-18,20-21,23H,10-11,13-14H2,1H3. The van der Waals surface area contributed by atoms with Crippen molar-refractivity contribution in [1.29, 1.82) is 0 Å². The summed E-state index contributed by atoms with van der Waals surface area (Å²) in [5.41, 5.74) is 2.10. The van der Waals surface area contributed by atoms with Gasteiger partial charge in [-0.3, -0.25) is 4.90 Å². The van der Waals surface area contributed by atoms with Crippen molar-refractivity contribution in [2.75, 3.05) is 20.3 Å². The van der Waals surface area contributed by atoms with Crippen molar-refractivity contribution in [2.24, 2.45) is 0 Å². The van der Waals surface area contributed by atoms with Crippen molar-refractivity contribution in [3.8, 4) is 0 Å². The van der Waals surface area contributed by atoms with E-state index in [1.54, 1.807) is 22.2 Å². The molecule has 2 aromatic heterocycles. The molecule has 0 aliphatic carbocycles. The molecule has 32 heavy (non-hydrogen) atoms. The van der Waals surface area contributed by atoms with Gasteiger partial charge in [0.2, 0.25) is 10.0 Å². The van der Waals surface area contributed by atoms with Crippen LogP contribution in [-0.2, 0) is 32.6 Å². The summed E-state index contributed by atoms with van der Waals surface area (Å²) in [4.78, 5) is 2.18. The van der Waals surface area contributed by atoms with Crippen molar-refractivity contribution in [1.82, 2.24) is 24.6 Å². The summed E-state index contributed by atoms with van der Waals surface area (Å²) in [7, 11) is -1.54. The van der Waals surface area contributed by atoms with Crippen molar-refractivity contribution >= 4 is 21.4 Å². The number of nitrogens with one attached hydrogen (secondary N) is 1. The fraction of sp³-hybridized carbons (Fsp3) is 0.429. The molecule has 0 amide bonds. The number of hydrogen-bond acceptors (Lipinski definition) is 8. The summed E-state index contributed by atoms with van der Waals surface area (Å²) in [5, 5.41) is 10.4. The first kappa shape index (κ1) is 21.7. The third-order valence-corrected chi connectivity index (χ3v) is 8.61. The highest BCUT2D eigenvalue weighted by Crippen LogP contribution is 2.34. The first-order valence-corrected chi connectivity index (χ1v) is 12.8. The van der Waals surface area contributed by atoms with E-state index in [9.17, 15) is 8.42 Å². The Morgan fingerprint density at radius 1 is 1.12 bits per heavy atom. The molecule has 4 atom stereocenters. The second kappa shape index (κ2) is 9.00. The van der Waals surface area contributed by atoms with Crippen molar-refractivity contribution < 1.29 is 17.9 Å². The summed E-state index contributed by atoms with van der Waals surface area (Å²) in [6, 6.07) is 13.0. The Balaban J connectivity index is 1.21. The molecule has 5 rings (SSSR count). The lowest BCUT2D eigenvalue weighted by Gasteiger charge is -2.17. The molecule has 1 N–H and O–H groups in total. The molecule has 2 aliphatic heterocycles. The van der Waals surface area contributed by atoms with Crippen LogP contribution in [0.4, 0.5) is 0 Å². The number of aromatic nitrogens is 3. The topological polar surface area (TPSA) is 98.6 Å². The number of fused-ring (bicyclic) bond motifs is 1. The van der Waals surface area contributed by atoms with Gasteiger partial charge in [0.15, 0.2) is 0 Å². The van der Waals surface area contributed by atoms with Crippen LogP contribution in [0, 0.1) is 0 Å². The van der Waals surface area contributed by atoms with E-state index in [-0.39, 0.29) is 29.1 Å². The Morgan fingerprint density at radius 2 is 1.94 bits per heavy atom. The van der Waals surface area contributed by atoms with Crippen LogP contribution in [0.5, 0.6) is 0 Å². The van der Waals surface area contributed by atoms with Gasteiger partial charge in [-0.1, -0.05) is 41.6 Å². The van der Waals surface area contributed by atoms with E-state index in [0.29, 0.717) is 13.2 Å². The minimum atomic E-state index is -3.59. The van der Waals surface area contributed by atoms with Crippen LogP contribution >= 0.6 is 11.3 Å². The van der Waals surface area contributed by atoms with Gasteiger partial charge in [-0.05, 0) is 24.1 Å². The second-order valence-corrected chi connectivity index (χ2v) is 11.1. The van der Waals surface area contributed by atoms with Gasteiger partial charge in [0.1, 0.15) is 22.5 Å². The quantitative estimate of drug-likeness (QED) is 0.529. The zero-order chi connectivity index (χ0) is 22.1. The molecule has 9 nitrogen and oxygen atoms in total. The fourth-order valence-electron chi connectivity index (χ4n) is 4.26. The molecule has 1 aromatic carbocycles. The molecule has 2 fully saturated rings. The molecule has 4 unspecified atom stereocenters. The van der Waals surface area contributed by atoms with E-state index in [1.807, 2.05) is 31.4 Å². The number of rotatable bonds is 8. The fourth-order valence-corrected chi connectivity index (χ4v) is 6.50. The van der Waals surface area contributed by atoms with Crippen LogP contribution in [0.25, 0.3) is 0 Å². The number of ether oxygens (including phenoxy) is 2. The summed E-state index contributed by atoms with van der Waals surface area (Å²) in [6.45, 7) is 2.15. The third-order valence-electron chi connectivity index (χ3n) is 5.72. The number of thiophene rings is 1. The van der Waals surface area contributed by atoms with Crippen molar-refractivity contribution in [2.45, 2.75) is 41.6 Å². The average molecular weight is 476 g/mol. The highest BCUT2D eigenvalue weighted by molar-refractivity contribution is 7.91. The van der Waals surface area contributed by atoms with Crippen LogP contribution in [0.3, 0.4) is 0 Å². The Morgan fingerprint density at radius 3 is 2.72 bits per heavy atom. The first-order chi connectivity index (χ1) is 15.5. The molecule has 3 aromatic rings. The predicted molar refractivity (Wildman–Crippen MR) is 119 cm³/mol. The largest absolute Gasteiger partial charge is 0.371 e. The van der Waals surface area contributed by atoms with Crippen LogP contribution in [0.2, 0.25) is 0 Å². The van der Waals surface area contributed by atoms with Gasteiger partial charge in [0.25, 0.3) is 0 Å². The van der Waals surface area contributed by atoms with Gasteiger partial charge < -0.3 is 9.47 Å². The smallest absolute Gasteiger partial charge is 0.250 e. The molecular formula is C21H25N5O4S2. The van der Waals surface area contributed by atoms with Gasteiger partial charge in [-0.2, -0.15) is 0 Å². The van der Waals surface area contributed by atoms with Gasteiger partial charge in [-0.15, -0.1) is 16.4 Å². The number of sulfonamides is 1. The zero-order valence-electron chi connectivity index (χ0n) is 17.6. The molecule has 0 bridgehead atoms. The third kappa shape index (κ3) is 4.49. The highest BCUT2D eigenvalue weighted by atomic mass is 32.2. The summed E-state index contributed by atoms with van der Waals surface area (Å²) < 4.78 is 41.9. The summed E-state index contributed by atoms with van der Waals surface area (Å²) >= 11 is 1.19. The van der Waals surface area contributed by atoms with Gasteiger partial charge in [0, 0.05) is 13.1 Å². The minimum Gasteiger partial charge on any atom is -0.371 e. The predicted octanol–water partition coefficient (Wildman–Crippen LogP) is 1.66. The molecule has 170 valence electrons. The maximum absolute atomic E-state index is 12.6. The van der Waals surface area contributed by atoms with Crippen molar-refractivity contribution in [3.63, 3.8) is 0 Å². The first-order valence-electron chi connectivity index (χ1n) is 10.4. The maximum Gasteiger partial charge on any atom is 0.250 e. The number of hydrogen-bond donors (Lipinski definition) is 1. The van der Waals surface area contributed by atoms with E-state index in [4.69, 9.17) is 9.47 Å². The lowest BCUT2D eigenvalue weighted by atomic mass is 10.1. The summed E-state index contributed by atoms with van der Waals surface area (Å²) in [6.07, 6.45) is 1.29. The van der Waals surface area contributed by atoms with E-state index < -0.39 is 16.1 Å². The number of nitrogens with zero attached hydrogens (tertiary/aromatic N) is 4. The molecular weight excluding hydrogens is 450 g/mol. The molecule has 2 saturated heterocycles. The monoisotopic (exact) mass is 475 g/mol. The Kier molecular flexibility index (Phi) is 6.10. The zero-order valence-corrected chi connectivity index (χ0v) is 19.2. The second-order valence-electron chi connectivity index (χ2n) is 8.17. The Labute approximate surface area is 191 Å². The summed E-state index contributed by atoms with van der Waals surface area (Å²) in [5.74, 6) is 0. The molecule has 4 heterocycles. The van der Waals surface area contributed by atoms with E-state index in [2.05, 4.69) is 32.1 Å². The Hall–Kier alpha value is -2.15. The average Bonchev–Trinajstić information content (AvgIpc) is 3.55. The lowest BCUT2D eigenvalue weighted by molar-refractivity contribution is 0.0624. The van der Waals surface area contributed by atoms with Gasteiger partial charge in [0.05, 0.1) is 31.1 Å². The van der Waals surface area contributed by atoms with E-state index in [0.717, 1.165) is 12.2 Å². The van der Waals surface area contributed by atoms with Gasteiger partial charge in [-0.25, -0.2) is 17.8 Å². The maximum atomic E-state index is 12.6. The van der Waals surface area contributed by atoms with E-state index in [1.165, 1.54) is 16.9 Å². The van der Waals surface area contributed by atoms with E-state index >= 15 is 0 Å². The van der Waals surface area contributed by atoms with Gasteiger partial charge >= 0.3 is 0 Å². The molecule has 0 spiro atoms. The van der Waals surface area contributed by atoms with Crippen LogP contribution < -0.4 is 4.72 Å². The van der Waals surface area contributed by atoms with Crippen LogP contribution in [-0.4, -0.2) is 66.8 Å². The molecule has 2 aliphatic rings. The van der Waals surface area contributed by atoms with Crippen LogP contribution in [0.15, 0.2) is 58.3 Å². The number of benzene rings is 1. The van der Waals surface area contributed by atoms with Crippen molar-refractivity contribution in [3.05, 3.63) is 65.3 Å². The Bertz CT molecular complexity index is 1140. The minimum absolute atomic E-state index is 0.142. The lowest BCUT2D eigenvalue weighted by Crippen LogP contribution is -2.43. The normalized spacial score (nSPS) is 25.4. The SMILES string of the molecule is CN(Cc1ccccc1)Cc1cn(C2COC3C(NS(=O)(=O)c4cccs4)COC32)nn1. The van der Waals surface area contributed by atoms with Crippen LogP contribution in [0.1, 0.15) is 17.3 Å². The molecule has 0 radical (unpaired) electrons.